The maximum absolute atomic E-state index is 13.6. The molecule has 28 heavy (non-hydrogen) atoms. The smallest absolute Gasteiger partial charge is 0.255 e. The summed E-state index contributed by atoms with van der Waals surface area (Å²) >= 11 is 0. The van der Waals surface area contributed by atoms with Gasteiger partial charge in [-0.25, -0.2) is 14.4 Å². The van der Waals surface area contributed by atoms with Crippen molar-refractivity contribution in [1.29, 1.82) is 0 Å². The van der Waals surface area contributed by atoms with Crippen LogP contribution < -0.4 is 5.32 Å². The van der Waals surface area contributed by atoms with Gasteiger partial charge in [0.05, 0.1) is 17.3 Å². The Morgan fingerprint density at radius 3 is 2.93 bits per heavy atom. The Balaban J connectivity index is 1.59. The number of aromatic amines is 1. The molecule has 3 heterocycles. The van der Waals surface area contributed by atoms with Gasteiger partial charge in [-0.3, -0.25) is 9.48 Å². The van der Waals surface area contributed by atoms with E-state index in [1.165, 1.54) is 12.1 Å². The van der Waals surface area contributed by atoms with E-state index in [0.29, 0.717) is 33.6 Å². The number of rotatable bonds is 3. The van der Waals surface area contributed by atoms with Crippen LogP contribution in [0.3, 0.4) is 0 Å². The first-order valence-corrected chi connectivity index (χ1v) is 9.23. The van der Waals surface area contributed by atoms with E-state index in [9.17, 15) is 9.18 Å². The van der Waals surface area contributed by atoms with E-state index >= 15 is 0 Å². The molecule has 1 fully saturated rings. The maximum Gasteiger partial charge on any atom is 0.255 e. The summed E-state index contributed by atoms with van der Waals surface area (Å²) in [5.41, 5.74) is 3.16. The summed E-state index contributed by atoms with van der Waals surface area (Å²) in [6, 6.07) is 4.52. The molecule has 1 aromatic carbocycles. The number of amides is 1. The summed E-state index contributed by atoms with van der Waals surface area (Å²) in [6.45, 7) is 2.06. The molecule has 0 radical (unpaired) electrons. The van der Waals surface area contributed by atoms with E-state index in [-0.39, 0.29) is 17.3 Å². The number of fused-ring (bicyclic) bond motifs is 2. The number of hydrogen-bond acceptors (Lipinski definition) is 4. The SMILES string of the molecule is Cn1nc(-c2cnc3[nH]cc(C(=O)NC4(C)CCC4)c3n2)c2ccc(F)cc21. The van der Waals surface area contributed by atoms with Crippen LogP contribution in [0.5, 0.6) is 0 Å². The van der Waals surface area contributed by atoms with Crippen LogP contribution in [0.4, 0.5) is 4.39 Å². The van der Waals surface area contributed by atoms with Crippen molar-refractivity contribution in [3.8, 4) is 11.4 Å². The van der Waals surface area contributed by atoms with Crippen molar-refractivity contribution in [2.75, 3.05) is 0 Å². The molecule has 7 nitrogen and oxygen atoms in total. The molecule has 5 rings (SSSR count). The van der Waals surface area contributed by atoms with Crippen LogP contribution in [0.1, 0.15) is 36.5 Å². The zero-order chi connectivity index (χ0) is 19.5. The van der Waals surface area contributed by atoms with E-state index in [0.717, 1.165) is 24.6 Å². The van der Waals surface area contributed by atoms with Crippen molar-refractivity contribution in [3.05, 3.63) is 42.0 Å². The zero-order valence-corrected chi connectivity index (χ0v) is 15.6. The Kier molecular flexibility index (Phi) is 3.52. The lowest BCUT2D eigenvalue weighted by atomic mass is 9.78. The minimum absolute atomic E-state index is 0.146. The quantitative estimate of drug-likeness (QED) is 0.572. The summed E-state index contributed by atoms with van der Waals surface area (Å²) in [5, 5.41) is 8.36. The van der Waals surface area contributed by atoms with Gasteiger partial charge in [0.1, 0.15) is 22.7 Å². The highest BCUT2D eigenvalue weighted by Crippen LogP contribution is 2.32. The fraction of sp³-hybridized carbons (Fsp3) is 0.300. The molecule has 1 saturated carbocycles. The molecule has 0 spiro atoms. The number of aryl methyl sites for hydroxylation is 1. The van der Waals surface area contributed by atoms with Crippen molar-refractivity contribution >= 4 is 28.0 Å². The first-order chi connectivity index (χ1) is 13.4. The van der Waals surface area contributed by atoms with Crippen molar-refractivity contribution in [3.63, 3.8) is 0 Å². The maximum atomic E-state index is 13.6. The predicted octanol–water partition coefficient (Wildman–Crippen LogP) is 3.32. The summed E-state index contributed by atoms with van der Waals surface area (Å²) in [6.07, 6.45) is 6.33. The first-order valence-electron chi connectivity index (χ1n) is 9.23. The number of nitrogens with one attached hydrogen (secondary N) is 2. The average Bonchev–Trinajstić information content (AvgIpc) is 3.21. The zero-order valence-electron chi connectivity index (χ0n) is 15.6. The number of carbonyl (C=O) groups is 1. The van der Waals surface area contributed by atoms with E-state index in [1.807, 2.05) is 0 Å². The number of nitrogens with zero attached hydrogens (tertiary/aromatic N) is 4. The van der Waals surface area contributed by atoms with Crippen LogP contribution in [0.25, 0.3) is 33.5 Å². The molecule has 142 valence electrons. The van der Waals surface area contributed by atoms with Gasteiger partial charge in [-0.05, 0) is 44.4 Å². The van der Waals surface area contributed by atoms with Crippen LogP contribution in [0.15, 0.2) is 30.6 Å². The topological polar surface area (TPSA) is 88.5 Å². The Labute approximate surface area is 160 Å². The van der Waals surface area contributed by atoms with E-state index in [4.69, 9.17) is 0 Å². The lowest BCUT2D eigenvalue weighted by Gasteiger charge is -2.39. The van der Waals surface area contributed by atoms with Gasteiger partial charge in [0, 0.05) is 24.2 Å². The van der Waals surface area contributed by atoms with Gasteiger partial charge in [0.2, 0.25) is 0 Å². The largest absolute Gasteiger partial charge is 0.347 e. The summed E-state index contributed by atoms with van der Waals surface area (Å²) in [5.74, 6) is -0.481. The molecule has 0 bridgehead atoms. The summed E-state index contributed by atoms with van der Waals surface area (Å²) in [7, 11) is 1.76. The lowest BCUT2D eigenvalue weighted by Crippen LogP contribution is -2.50. The molecule has 0 aliphatic heterocycles. The third-order valence-corrected chi connectivity index (χ3v) is 5.55. The highest BCUT2D eigenvalue weighted by atomic mass is 19.1. The van der Waals surface area contributed by atoms with E-state index < -0.39 is 0 Å². The highest BCUT2D eigenvalue weighted by Gasteiger charge is 2.34. The fourth-order valence-electron chi connectivity index (χ4n) is 3.77. The van der Waals surface area contributed by atoms with Crippen molar-refractivity contribution < 1.29 is 9.18 Å². The van der Waals surface area contributed by atoms with Gasteiger partial charge >= 0.3 is 0 Å². The Morgan fingerprint density at radius 1 is 1.36 bits per heavy atom. The van der Waals surface area contributed by atoms with Gasteiger partial charge in [-0.2, -0.15) is 5.10 Å². The van der Waals surface area contributed by atoms with Gasteiger partial charge in [-0.1, -0.05) is 0 Å². The lowest BCUT2D eigenvalue weighted by molar-refractivity contribution is 0.0852. The highest BCUT2D eigenvalue weighted by molar-refractivity contribution is 6.05. The van der Waals surface area contributed by atoms with Crippen LogP contribution in [0.2, 0.25) is 0 Å². The number of carbonyl (C=O) groups excluding carboxylic acids is 1. The van der Waals surface area contributed by atoms with Gasteiger partial charge in [0.25, 0.3) is 5.91 Å². The van der Waals surface area contributed by atoms with E-state index in [1.54, 1.807) is 30.2 Å². The molecule has 3 aromatic heterocycles. The molecule has 1 aliphatic carbocycles. The van der Waals surface area contributed by atoms with Gasteiger partial charge in [0.15, 0.2) is 5.65 Å². The number of H-pyrrole nitrogens is 1. The molecular formula is C20H19FN6O. The second-order valence-corrected chi connectivity index (χ2v) is 7.66. The predicted molar refractivity (Wildman–Crippen MR) is 103 cm³/mol. The standard InChI is InChI=1S/C20H19FN6O/c1-20(6-3-7-20)25-19(28)13-9-22-18-17(13)24-14(10-23-18)16-12-5-4-11(21)8-15(12)27(2)26-16/h4-5,8-10H,3,6-7H2,1-2H3,(H,22,23)(H,25,28). The molecular weight excluding hydrogens is 359 g/mol. The minimum atomic E-state index is -0.322. The molecule has 1 amide bonds. The Bertz CT molecular complexity index is 1240. The number of halogens is 1. The second kappa shape index (κ2) is 5.85. The van der Waals surface area contributed by atoms with Crippen molar-refractivity contribution in [1.82, 2.24) is 30.0 Å². The second-order valence-electron chi connectivity index (χ2n) is 7.66. The first kappa shape index (κ1) is 16.9. The van der Waals surface area contributed by atoms with Crippen LogP contribution in [-0.4, -0.2) is 36.2 Å². The third-order valence-electron chi connectivity index (χ3n) is 5.55. The molecule has 0 unspecified atom stereocenters. The minimum Gasteiger partial charge on any atom is -0.347 e. The van der Waals surface area contributed by atoms with Crippen LogP contribution in [0, 0.1) is 5.82 Å². The van der Waals surface area contributed by atoms with Crippen molar-refractivity contribution in [2.45, 2.75) is 31.7 Å². The average molecular weight is 378 g/mol. The molecule has 8 heteroatoms. The van der Waals surface area contributed by atoms with Gasteiger partial charge < -0.3 is 10.3 Å². The molecule has 4 aromatic rings. The fourth-order valence-corrected chi connectivity index (χ4v) is 3.77. The Hall–Kier alpha value is -3.29. The Morgan fingerprint density at radius 2 is 2.18 bits per heavy atom. The number of hydrogen-bond donors (Lipinski definition) is 2. The molecule has 0 atom stereocenters. The van der Waals surface area contributed by atoms with Crippen LogP contribution in [-0.2, 0) is 7.05 Å². The summed E-state index contributed by atoms with van der Waals surface area (Å²) < 4.78 is 15.2. The van der Waals surface area contributed by atoms with E-state index in [2.05, 4.69) is 32.3 Å². The normalized spacial score (nSPS) is 15.7. The molecule has 2 N–H and O–H groups in total. The monoisotopic (exact) mass is 378 g/mol. The summed E-state index contributed by atoms with van der Waals surface area (Å²) in [4.78, 5) is 24.8. The number of aromatic nitrogens is 5. The third kappa shape index (κ3) is 2.56. The number of benzene rings is 1. The van der Waals surface area contributed by atoms with Gasteiger partial charge in [-0.15, -0.1) is 0 Å². The molecule has 0 saturated heterocycles. The van der Waals surface area contributed by atoms with Crippen molar-refractivity contribution in [2.24, 2.45) is 7.05 Å². The molecule has 1 aliphatic rings. The van der Waals surface area contributed by atoms with Crippen LogP contribution >= 0.6 is 0 Å².